The van der Waals surface area contributed by atoms with Crippen molar-refractivity contribution in [1.29, 1.82) is 0 Å². The first-order valence-corrected chi connectivity index (χ1v) is 5.54. The fourth-order valence-corrected chi connectivity index (χ4v) is 1.69. The Bertz CT molecular complexity index is 457. The Hall–Kier alpha value is -1.94. The fourth-order valence-electron chi connectivity index (χ4n) is 1.69. The second-order valence-corrected chi connectivity index (χ2v) is 4.12. The van der Waals surface area contributed by atoms with Crippen molar-refractivity contribution < 1.29 is 0 Å². The summed E-state index contributed by atoms with van der Waals surface area (Å²) < 4.78 is 0. The highest BCUT2D eigenvalue weighted by Crippen LogP contribution is 2.23. The lowest BCUT2D eigenvalue weighted by molar-refractivity contribution is 0.553. The van der Waals surface area contributed by atoms with E-state index >= 15 is 0 Å². The summed E-state index contributed by atoms with van der Waals surface area (Å²) >= 11 is 0. The smallest absolute Gasteiger partial charge is 0.130 e. The molecule has 4 heteroatoms. The van der Waals surface area contributed by atoms with Gasteiger partial charge in [0.2, 0.25) is 0 Å². The normalized spacial score (nSPS) is 14.0. The van der Waals surface area contributed by atoms with Crippen molar-refractivity contribution >= 4 is 5.82 Å². The molecule has 2 rings (SSSR count). The molecule has 3 N–H and O–H groups in total. The quantitative estimate of drug-likeness (QED) is 0.837. The van der Waals surface area contributed by atoms with Crippen molar-refractivity contribution in [2.75, 3.05) is 11.9 Å². The Kier molecular flexibility index (Phi) is 3.35. The summed E-state index contributed by atoms with van der Waals surface area (Å²) in [6, 6.07) is 11.9. The van der Waals surface area contributed by atoms with Crippen molar-refractivity contribution in [1.82, 2.24) is 9.97 Å². The maximum Gasteiger partial charge on any atom is 0.130 e. The molecular formula is C13H16N4. The van der Waals surface area contributed by atoms with Gasteiger partial charge < -0.3 is 11.1 Å². The average Bonchev–Trinajstić information content (AvgIpc) is 2.41. The van der Waals surface area contributed by atoms with Crippen molar-refractivity contribution in [3.63, 3.8) is 0 Å². The van der Waals surface area contributed by atoms with Crippen molar-refractivity contribution in [3.05, 3.63) is 54.5 Å². The van der Waals surface area contributed by atoms with Gasteiger partial charge in [-0.05, 0) is 18.6 Å². The van der Waals surface area contributed by atoms with Crippen LogP contribution in [0.5, 0.6) is 0 Å². The Morgan fingerprint density at radius 2 is 2.00 bits per heavy atom. The molecule has 0 amide bonds. The number of benzene rings is 1. The molecule has 0 fully saturated rings. The van der Waals surface area contributed by atoms with Gasteiger partial charge in [-0.15, -0.1) is 0 Å². The lowest BCUT2D eigenvalue weighted by atomic mass is 9.92. The first-order chi connectivity index (χ1) is 8.24. The third kappa shape index (κ3) is 2.60. The van der Waals surface area contributed by atoms with Crippen LogP contribution < -0.4 is 11.1 Å². The number of rotatable bonds is 4. The van der Waals surface area contributed by atoms with Crippen LogP contribution in [0.3, 0.4) is 0 Å². The van der Waals surface area contributed by atoms with E-state index in [4.69, 9.17) is 5.73 Å². The van der Waals surface area contributed by atoms with Gasteiger partial charge in [0.15, 0.2) is 0 Å². The molecule has 0 saturated carbocycles. The second kappa shape index (κ2) is 4.93. The SMILES string of the molecule is CC(CN)(Nc1ccncn1)c1ccccc1. The third-order valence-corrected chi connectivity index (χ3v) is 2.81. The molecule has 0 spiro atoms. The number of nitrogens with two attached hydrogens (primary N) is 1. The van der Waals surface area contributed by atoms with Gasteiger partial charge in [0.05, 0.1) is 5.54 Å². The topological polar surface area (TPSA) is 63.8 Å². The number of aromatic nitrogens is 2. The first-order valence-electron chi connectivity index (χ1n) is 5.54. The molecule has 0 bridgehead atoms. The standard InChI is InChI=1S/C13H16N4/c1-13(9-14,11-5-3-2-4-6-11)17-12-7-8-15-10-16-12/h2-8,10H,9,14H2,1H3,(H,15,16,17). The number of anilines is 1. The molecule has 1 unspecified atom stereocenters. The maximum atomic E-state index is 5.88. The molecule has 0 radical (unpaired) electrons. The number of nitrogens with one attached hydrogen (secondary N) is 1. The van der Waals surface area contributed by atoms with E-state index in [0.29, 0.717) is 6.54 Å². The highest BCUT2D eigenvalue weighted by molar-refractivity contribution is 5.40. The number of nitrogens with zero attached hydrogens (tertiary/aromatic N) is 2. The molecule has 4 nitrogen and oxygen atoms in total. The zero-order valence-electron chi connectivity index (χ0n) is 9.80. The fraction of sp³-hybridized carbons (Fsp3) is 0.231. The third-order valence-electron chi connectivity index (χ3n) is 2.81. The van der Waals surface area contributed by atoms with Gasteiger partial charge in [-0.1, -0.05) is 30.3 Å². The molecule has 0 aliphatic rings. The van der Waals surface area contributed by atoms with Gasteiger partial charge >= 0.3 is 0 Å². The molecule has 1 atom stereocenters. The lowest BCUT2D eigenvalue weighted by Crippen LogP contribution is -2.39. The van der Waals surface area contributed by atoms with Crippen LogP contribution in [-0.4, -0.2) is 16.5 Å². The first kappa shape index (κ1) is 11.5. The average molecular weight is 228 g/mol. The minimum Gasteiger partial charge on any atom is -0.359 e. The lowest BCUT2D eigenvalue weighted by Gasteiger charge is -2.30. The minimum absolute atomic E-state index is 0.324. The Labute approximate surface area is 101 Å². The summed E-state index contributed by atoms with van der Waals surface area (Å²) in [6.45, 7) is 2.55. The summed E-state index contributed by atoms with van der Waals surface area (Å²) in [7, 11) is 0. The zero-order chi connectivity index (χ0) is 12.1. The van der Waals surface area contributed by atoms with E-state index in [1.807, 2.05) is 24.3 Å². The molecule has 0 aliphatic carbocycles. The van der Waals surface area contributed by atoms with E-state index < -0.39 is 0 Å². The number of hydrogen-bond donors (Lipinski definition) is 2. The Balaban J connectivity index is 2.27. The summed E-state index contributed by atoms with van der Waals surface area (Å²) in [4.78, 5) is 8.05. The van der Waals surface area contributed by atoms with Crippen LogP contribution in [-0.2, 0) is 5.54 Å². The van der Waals surface area contributed by atoms with E-state index in [9.17, 15) is 0 Å². The van der Waals surface area contributed by atoms with Gasteiger partial charge in [0.25, 0.3) is 0 Å². The van der Waals surface area contributed by atoms with Crippen molar-refractivity contribution in [2.24, 2.45) is 5.73 Å². The van der Waals surface area contributed by atoms with Crippen molar-refractivity contribution in [2.45, 2.75) is 12.5 Å². The van der Waals surface area contributed by atoms with Gasteiger partial charge in [-0.25, -0.2) is 9.97 Å². The highest BCUT2D eigenvalue weighted by Gasteiger charge is 2.24. The molecule has 0 aliphatic heterocycles. The van der Waals surface area contributed by atoms with Gasteiger partial charge in [0, 0.05) is 12.7 Å². The van der Waals surface area contributed by atoms with E-state index in [1.54, 1.807) is 6.20 Å². The van der Waals surface area contributed by atoms with Crippen LogP contribution in [0, 0.1) is 0 Å². The Morgan fingerprint density at radius 1 is 1.24 bits per heavy atom. The van der Waals surface area contributed by atoms with E-state index in [0.717, 1.165) is 11.4 Å². The predicted octanol–water partition coefficient (Wildman–Crippen LogP) is 1.76. The van der Waals surface area contributed by atoms with Crippen LogP contribution in [0.4, 0.5) is 5.82 Å². The van der Waals surface area contributed by atoms with Crippen LogP contribution in [0.15, 0.2) is 48.9 Å². The summed E-state index contributed by atoms with van der Waals surface area (Å²) in [5.74, 6) is 0.775. The monoisotopic (exact) mass is 228 g/mol. The van der Waals surface area contributed by atoms with Gasteiger partial charge in [-0.3, -0.25) is 0 Å². The second-order valence-electron chi connectivity index (χ2n) is 4.12. The predicted molar refractivity (Wildman–Crippen MR) is 68.5 cm³/mol. The Morgan fingerprint density at radius 3 is 2.59 bits per heavy atom. The minimum atomic E-state index is -0.324. The van der Waals surface area contributed by atoms with E-state index in [2.05, 4.69) is 34.3 Å². The van der Waals surface area contributed by atoms with E-state index in [-0.39, 0.29) is 5.54 Å². The van der Waals surface area contributed by atoms with Crippen LogP contribution in [0.1, 0.15) is 12.5 Å². The molecule has 1 heterocycles. The van der Waals surface area contributed by atoms with Gasteiger partial charge in [0.1, 0.15) is 12.1 Å². The molecule has 17 heavy (non-hydrogen) atoms. The summed E-state index contributed by atoms with van der Waals surface area (Å²) in [6.07, 6.45) is 3.22. The van der Waals surface area contributed by atoms with E-state index in [1.165, 1.54) is 6.33 Å². The zero-order valence-corrected chi connectivity index (χ0v) is 9.80. The maximum absolute atomic E-state index is 5.88. The van der Waals surface area contributed by atoms with Crippen LogP contribution in [0.25, 0.3) is 0 Å². The van der Waals surface area contributed by atoms with Crippen molar-refractivity contribution in [3.8, 4) is 0 Å². The molecular weight excluding hydrogens is 212 g/mol. The number of hydrogen-bond acceptors (Lipinski definition) is 4. The summed E-state index contributed by atoms with van der Waals surface area (Å²) in [5, 5.41) is 3.35. The molecule has 88 valence electrons. The molecule has 1 aromatic carbocycles. The van der Waals surface area contributed by atoms with Gasteiger partial charge in [-0.2, -0.15) is 0 Å². The molecule has 0 saturated heterocycles. The van der Waals surface area contributed by atoms with Crippen LogP contribution in [0.2, 0.25) is 0 Å². The largest absolute Gasteiger partial charge is 0.359 e. The highest BCUT2D eigenvalue weighted by atomic mass is 15.1. The molecule has 1 aromatic heterocycles. The van der Waals surface area contributed by atoms with Crippen LogP contribution >= 0.6 is 0 Å². The summed E-state index contributed by atoms with van der Waals surface area (Å²) in [5.41, 5.74) is 6.70. The molecule has 2 aromatic rings.